The van der Waals surface area contributed by atoms with E-state index in [2.05, 4.69) is 15.5 Å². The van der Waals surface area contributed by atoms with Crippen LogP contribution in [0.1, 0.15) is 25.3 Å². The van der Waals surface area contributed by atoms with E-state index >= 15 is 0 Å². The van der Waals surface area contributed by atoms with Crippen molar-refractivity contribution in [3.8, 4) is 11.4 Å². The minimum absolute atomic E-state index is 0.0799. The molecule has 1 fully saturated rings. The van der Waals surface area contributed by atoms with Gasteiger partial charge < -0.3 is 5.11 Å². The van der Waals surface area contributed by atoms with Crippen molar-refractivity contribution in [3.63, 3.8) is 0 Å². The summed E-state index contributed by atoms with van der Waals surface area (Å²) in [4.78, 5) is 11.0. The van der Waals surface area contributed by atoms with Crippen molar-refractivity contribution >= 4 is 5.97 Å². The first-order chi connectivity index (χ1) is 10.1. The lowest BCUT2D eigenvalue weighted by Gasteiger charge is -2.16. The van der Waals surface area contributed by atoms with Crippen LogP contribution in [-0.2, 0) is 4.79 Å². The topological polar surface area (TPSA) is 80.9 Å². The molecule has 0 amide bonds. The highest BCUT2D eigenvalue weighted by atomic mass is 19.1. The third kappa shape index (κ3) is 2.61. The molecule has 1 aromatic carbocycles. The zero-order valence-electron chi connectivity index (χ0n) is 10.9. The third-order valence-corrected chi connectivity index (χ3v) is 3.54. The molecule has 1 heterocycles. The van der Waals surface area contributed by atoms with E-state index in [1.807, 2.05) is 0 Å². The smallest absolute Gasteiger partial charge is 0.305 e. The van der Waals surface area contributed by atoms with Crippen LogP contribution in [-0.4, -0.2) is 31.3 Å². The van der Waals surface area contributed by atoms with Gasteiger partial charge in [-0.25, -0.2) is 13.5 Å². The summed E-state index contributed by atoms with van der Waals surface area (Å²) in [5.41, 5.74) is -0.335. The van der Waals surface area contributed by atoms with E-state index in [1.54, 1.807) is 0 Å². The molecule has 8 heteroatoms. The van der Waals surface area contributed by atoms with E-state index < -0.39 is 23.6 Å². The summed E-state index contributed by atoms with van der Waals surface area (Å²) in [7, 11) is 0. The van der Waals surface area contributed by atoms with Crippen LogP contribution in [0.25, 0.3) is 11.4 Å². The van der Waals surface area contributed by atoms with E-state index in [0.717, 1.165) is 25.0 Å². The number of carbonyl (C=O) groups is 1. The number of carboxylic acid groups (broad SMARTS) is 1. The molecule has 21 heavy (non-hydrogen) atoms. The quantitative estimate of drug-likeness (QED) is 0.912. The van der Waals surface area contributed by atoms with Crippen LogP contribution in [0.2, 0.25) is 0 Å². The first kappa shape index (κ1) is 13.6. The first-order valence-corrected chi connectivity index (χ1v) is 6.52. The highest BCUT2D eigenvalue weighted by molar-refractivity contribution is 5.67. The van der Waals surface area contributed by atoms with Gasteiger partial charge in [-0.15, -0.1) is 5.10 Å². The normalized spacial score (nSPS) is 15.9. The molecule has 1 aliphatic rings. The maximum absolute atomic E-state index is 13.9. The number of aromatic nitrogens is 4. The Morgan fingerprint density at radius 2 is 2.05 bits per heavy atom. The first-order valence-electron chi connectivity index (χ1n) is 6.52. The largest absolute Gasteiger partial charge is 0.481 e. The van der Waals surface area contributed by atoms with Gasteiger partial charge in [0, 0.05) is 0 Å². The maximum atomic E-state index is 13.9. The van der Waals surface area contributed by atoms with Gasteiger partial charge in [0.15, 0.2) is 5.82 Å². The molecule has 0 spiro atoms. The van der Waals surface area contributed by atoms with Crippen molar-refractivity contribution < 1.29 is 18.7 Å². The van der Waals surface area contributed by atoms with Gasteiger partial charge in [-0.1, -0.05) is 6.07 Å². The Labute approximate surface area is 118 Å². The Hall–Kier alpha value is -2.38. The van der Waals surface area contributed by atoms with Crippen molar-refractivity contribution in [1.82, 2.24) is 20.2 Å². The molecule has 0 bridgehead atoms. The Kier molecular flexibility index (Phi) is 3.36. The number of benzene rings is 1. The highest BCUT2D eigenvalue weighted by Gasteiger charge is 2.37. The van der Waals surface area contributed by atoms with Gasteiger partial charge in [0.1, 0.15) is 11.6 Å². The molecular formula is C13H12F2N4O2. The number of rotatable bonds is 5. The van der Waals surface area contributed by atoms with Crippen LogP contribution >= 0.6 is 0 Å². The molecule has 1 unspecified atom stereocenters. The number of hydrogen-bond acceptors (Lipinski definition) is 4. The minimum atomic E-state index is -0.998. The lowest BCUT2D eigenvalue weighted by Crippen LogP contribution is -2.18. The lowest BCUT2D eigenvalue weighted by atomic mass is 10.1. The van der Waals surface area contributed by atoms with Gasteiger partial charge in [0.2, 0.25) is 0 Å². The third-order valence-electron chi connectivity index (χ3n) is 3.54. The SMILES string of the molecule is O=C(O)CC(C1CC1)n1nnnc1-c1c(F)cccc1F. The second kappa shape index (κ2) is 5.19. The van der Waals surface area contributed by atoms with Crippen molar-refractivity contribution in [2.24, 2.45) is 5.92 Å². The Morgan fingerprint density at radius 3 is 2.62 bits per heavy atom. The van der Waals surface area contributed by atoms with Crippen LogP contribution in [0.15, 0.2) is 18.2 Å². The van der Waals surface area contributed by atoms with Gasteiger partial charge in [-0.05, 0) is 41.3 Å². The number of tetrazole rings is 1. The predicted molar refractivity (Wildman–Crippen MR) is 67.2 cm³/mol. The fourth-order valence-electron chi connectivity index (χ4n) is 2.41. The molecule has 1 aliphatic carbocycles. The summed E-state index contributed by atoms with van der Waals surface area (Å²) in [6, 6.07) is 2.98. The van der Waals surface area contributed by atoms with Crippen molar-refractivity contribution in [2.75, 3.05) is 0 Å². The zero-order chi connectivity index (χ0) is 15.0. The molecule has 1 saturated carbocycles. The monoisotopic (exact) mass is 294 g/mol. The maximum Gasteiger partial charge on any atom is 0.305 e. The average Bonchev–Trinajstić information content (AvgIpc) is 3.15. The van der Waals surface area contributed by atoms with Gasteiger partial charge in [-0.2, -0.15) is 0 Å². The fourth-order valence-corrected chi connectivity index (χ4v) is 2.41. The van der Waals surface area contributed by atoms with E-state index in [9.17, 15) is 13.6 Å². The molecule has 1 atom stereocenters. The zero-order valence-corrected chi connectivity index (χ0v) is 10.9. The van der Waals surface area contributed by atoms with Crippen LogP contribution in [0.4, 0.5) is 8.78 Å². The number of hydrogen-bond donors (Lipinski definition) is 1. The predicted octanol–water partition coefficient (Wildman–Crippen LogP) is 2.04. The van der Waals surface area contributed by atoms with Gasteiger partial charge >= 0.3 is 5.97 Å². The van der Waals surface area contributed by atoms with Gasteiger partial charge in [0.25, 0.3) is 0 Å². The molecule has 1 N–H and O–H groups in total. The van der Waals surface area contributed by atoms with Gasteiger partial charge in [-0.3, -0.25) is 4.79 Å². The van der Waals surface area contributed by atoms with Gasteiger partial charge in [0.05, 0.1) is 18.0 Å². The molecule has 2 aromatic rings. The molecule has 0 radical (unpaired) electrons. The number of carboxylic acids is 1. The molecule has 1 aromatic heterocycles. The minimum Gasteiger partial charge on any atom is -0.481 e. The van der Waals surface area contributed by atoms with E-state index in [0.29, 0.717) is 0 Å². The summed E-state index contributed by atoms with van der Waals surface area (Å²) in [6.07, 6.45) is 1.53. The van der Waals surface area contributed by atoms with Crippen molar-refractivity contribution in [2.45, 2.75) is 25.3 Å². The molecule has 0 saturated heterocycles. The van der Waals surface area contributed by atoms with Crippen LogP contribution < -0.4 is 0 Å². The molecule has 6 nitrogen and oxygen atoms in total. The molecule has 110 valence electrons. The Balaban J connectivity index is 2.06. The summed E-state index contributed by atoms with van der Waals surface area (Å²) < 4.78 is 29.0. The molecule has 0 aliphatic heterocycles. The Bertz CT molecular complexity index is 664. The van der Waals surface area contributed by atoms with Crippen molar-refractivity contribution in [3.05, 3.63) is 29.8 Å². The van der Waals surface area contributed by atoms with Crippen LogP contribution in [0.3, 0.4) is 0 Å². The molecule has 3 rings (SSSR count). The summed E-state index contributed by atoms with van der Waals surface area (Å²) >= 11 is 0. The van der Waals surface area contributed by atoms with E-state index in [4.69, 9.17) is 5.11 Å². The van der Waals surface area contributed by atoms with Crippen molar-refractivity contribution in [1.29, 1.82) is 0 Å². The number of nitrogens with zero attached hydrogens (tertiary/aromatic N) is 4. The van der Waals surface area contributed by atoms with Crippen LogP contribution in [0.5, 0.6) is 0 Å². The lowest BCUT2D eigenvalue weighted by molar-refractivity contribution is -0.138. The van der Waals surface area contributed by atoms with Crippen LogP contribution in [0, 0.1) is 17.6 Å². The molecular weight excluding hydrogens is 282 g/mol. The second-order valence-corrected chi connectivity index (χ2v) is 5.05. The van der Waals surface area contributed by atoms with E-state index in [1.165, 1.54) is 10.7 Å². The fraction of sp³-hybridized carbons (Fsp3) is 0.385. The summed E-state index contributed by atoms with van der Waals surface area (Å²) in [6.45, 7) is 0. The second-order valence-electron chi connectivity index (χ2n) is 5.05. The standard InChI is InChI=1S/C13H12F2N4O2/c14-8-2-1-3-9(15)12(8)13-16-17-18-19(13)10(6-11(20)21)7-4-5-7/h1-3,7,10H,4-6H2,(H,20,21). The summed E-state index contributed by atoms with van der Waals surface area (Å²) in [5.74, 6) is -2.52. The summed E-state index contributed by atoms with van der Waals surface area (Å²) in [5, 5.41) is 19.9. The number of aliphatic carboxylic acids is 1. The highest BCUT2D eigenvalue weighted by Crippen LogP contribution is 2.42. The average molecular weight is 294 g/mol. The van der Waals surface area contributed by atoms with E-state index in [-0.39, 0.29) is 23.7 Å². The Morgan fingerprint density at radius 1 is 1.38 bits per heavy atom. The number of halogens is 2.